The molecule has 0 amide bonds. The van der Waals surface area contributed by atoms with Crippen molar-refractivity contribution in [3.63, 3.8) is 0 Å². The van der Waals surface area contributed by atoms with Gasteiger partial charge in [-0.3, -0.25) is 0 Å². The van der Waals surface area contributed by atoms with Crippen molar-refractivity contribution in [1.82, 2.24) is 9.97 Å². The van der Waals surface area contributed by atoms with Crippen molar-refractivity contribution < 1.29 is 4.74 Å². The van der Waals surface area contributed by atoms with E-state index < -0.39 is 0 Å². The molecular weight excluding hydrogens is 278 g/mol. The Labute approximate surface area is 121 Å². The SMILES string of the molecule is CCNc1nc(-c2sc(C(C)C)nc2COC)cs1. The lowest BCUT2D eigenvalue weighted by molar-refractivity contribution is 0.182. The lowest BCUT2D eigenvalue weighted by atomic mass is 10.2. The summed E-state index contributed by atoms with van der Waals surface area (Å²) < 4.78 is 5.24. The minimum absolute atomic E-state index is 0.432. The highest BCUT2D eigenvalue weighted by Gasteiger charge is 2.17. The normalized spacial score (nSPS) is 11.2. The highest BCUT2D eigenvalue weighted by Crippen LogP contribution is 2.35. The Morgan fingerprint density at radius 1 is 1.37 bits per heavy atom. The molecule has 2 aromatic heterocycles. The third-order valence-electron chi connectivity index (χ3n) is 2.55. The summed E-state index contributed by atoms with van der Waals surface area (Å²) >= 11 is 3.35. The molecular formula is C13H19N3OS2. The van der Waals surface area contributed by atoms with Crippen molar-refractivity contribution in [2.45, 2.75) is 33.3 Å². The first-order valence-corrected chi connectivity index (χ1v) is 8.03. The van der Waals surface area contributed by atoms with Gasteiger partial charge >= 0.3 is 0 Å². The Kier molecular flexibility index (Phi) is 4.90. The van der Waals surface area contributed by atoms with Gasteiger partial charge in [0.15, 0.2) is 5.13 Å². The first-order chi connectivity index (χ1) is 9.15. The molecule has 0 aliphatic carbocycles. The molecule has 19 heavy (non-hydrogen) atoms. The van der Waals surface area contributed by atoms with Gasteiger partial charge < -0.3 is 10.1 Å². The van der Waals surface area contributed by atoms with Crippen LogP contribution >= 0.6 is 22.7 Å². The largest absolute Gasteiger partial charge is 0.378 e. The molecule has 0 bridgehead atoms. The zero-order valence-electron chi connectivity index (χ0n) is 11.7. The van der Waals surface area contributed by atoms with Crippen LogP contribution in [-0.4, -0.2) is 23.6 Å². The van der Waals surface area contributed by atoms with Gasteiger partial charge in [0, 0.05) is 25.0 Å². The molecule has 6 heteroatoms. The summed E-state index contributed by atoms with van der Waals surface area (Å²) in [4.78, 5) is 10.4. The number of thiazole rings is 2. The molecule has 2 rings (SSSR count). The standard InChI is InChI=1S/C13H19N3OS2/c1-5-14-13-16-10(7-18-13)11-9(6-17-4)15-12(19-11)8(2)3/h7-8H,5-6H2,1-4H3,(H,14,16). The zero-order valence-corrected chi connectivity index (χ0v) is 13.3. The van der Waals surface area contributed by atoms with Crippen LogP contribution in [0.15, 0.2) is 5.38 Å². The molecule has 0 aliphatic rings. The summed E-state index contributed by atoms with van der Waals surface area (Å²) in [5.74, 6) is 0.432. The summed E-state index contributed by atoms with van der Waals surface area (Å²) in [7, 11) is 1.70. The second-order valence-corrected chi connectivity index (χ2v) is 6.37. The van der Waals surface area contributed by atoms with E-state index in [1.807, 2.05) is 0 Å². The van der Waals surface area contributed by atoms with Crippen LogP contribution in [0.1, 0.15) is 37.4 Å². The molecule has 0 radical (unpaired) electrons. The fourth-order valence-electron chi connectivity index (χ4n) is 1.66. The number of methoxy groups -OCH3 is 1. The van der Waals surface area contributed by atoms with Crippen molar-refractivity contribution in [2.75, 3.05) is 19.0 Å². The smallest absolute Gasteiger partial charge is 0.183 e. The Hall–Kier alpha value is -0.980. The molecule has 0 saturated carbocycles. The van der Waals surface area contributed by atoms with Crippen molar-refractivity contribution in [3.05, 3.63) is 16.1 Å². The summed E-state index contributed by atoms with van der Waals surface area (Å²) in [5, 5.41) is 7.41. The molecule has 0 aromatic carbocycles. The summed E-state index contributed by atoms with van der Waals surface area (Å²) in [6.07, 6.45) is 0. The number of nitrogens with one attached hydrogen (secondary N) is 1. The molecule has 0 saturated heterocycles. The quantitative estimate of drug-likeness (QED) is 0.876. The van der Waals surface area contributed by atoms with E-state index in [-0.39, 0.29) is 0 Å². The van der Waals surface area contributed by atoms with Gasteiger partial charge in [-0.1, -0.05) is 13.8 Å². The van der Waals surface area contributed by atoms with E-state index in [9.17, 15) is 0 Å². The average Bonchev–Trinajstić information content (AvgIpc) is 2.96. The van der Waals surface area contributed by atoms with Gasteiger partial charge in [0.1, 0.15) is 0 Å². The molecule has 0 atom stereocenters. The predicted octanol–water partition coefficient (Wildman–Crippen LogP) is 3.97. The van der Waals surface area contributed by atoms with Gasteiger partial charge in [0.05, 0.1) is 27.9 Å². The van der Waals surface area contributed by atoms with Gasteiger partial charge in [-0.25, -0.2) is 9.97 Å². The van der Waals surface area contributed by atoms with Gasteiger partial charge in [0.25, 0.3) is 0 Å². The number of rotatable bonds is 6. The number of ether oxygens (including phenoxy) is 1. The second-order valence-electron chi connectivity index (χ2n) is 4.48. The van der Waals surface area contributed by atoms with Gasteiger partial charge in [0.2, 0.25) is 0 Å². The van der Waals surface area contributed by atoms with Crippen LogP contribution in [0, 0.1) is 0 Å². The Morgan fingerprint density at radius 2 is 2.16 bits per heavy atom. The average molecular weight is 297 g/mol. The van der Waals surface area contributed by atoms with Crippen molar-refractivity contribution in [1.29, 1.82) is 0 Å². The van der Waals surface area contributed by atoms with Crippen LogP contribution < -0.4 is 5.32 Å². The second kappa shape index (κ2) is 6.45. The minimum Gasteiger partial charge on any atom is -0.378 e. The van der Waals surface area contributed by atoms with Crippen molar-refractivity contribution in [2.24, 2.45) is 0 Å². The predicted molar refractivity (Wildman–Crippen MR) is 82.2 cm³/mol. The Bertz CT molecular complexity index is 534. The molecule has 0 spiro atoms. The van der Waals surface area contributed by atoms with Gasteiger partial charge in [-0.2, -0.15) is 0 Å². The van der Waals surface area contributed by atoms with E-state index in [0.717, 1.165) is 32.9 Å². The summed E-state index contributed by atoms with van der Waals surface area (Å²) in [6, 6.07) is 0. The monoisotopic (exact) mass is 297 g/mol. The highest BCUT2D eigenvalue weighted by atomic mass is 32.1. The van der Waals surface area contributed by atoms with E-state index in [1.54, 1.807) is 29.8 Å². The fourth-order valence-corrected chi connectivity index (χ4v) is 3.54. The molecule has 1 N–H and O–H groups in total. The molecule has 2 aromatic rings. The van der Waals surface area contributed by atoms with Crippen LogP contribution in [0.25, 0.3) is 10.6 Å². The maximum Gasteiger partial charge on any atom is 0.183 e. The van der Waals surface area contributed by atoms with E-state index >= 15 is 0 Å². The van der Waals surface area contributed by atoms with Crippen molar-refractivity contribution in [3.8, 4) is 10.6 Å². The summed E-state index contributed by atoms with van der Waals surface area (Å²) in [6.45, 7) is 7.81. The van der Waals surface area contributed by atoms with Crippen LogP contribution in [0.3, 0.4) is 0 Å². The third-order valence-corrected chi connectivity index (χ3v) is 4.77. The summed E-state index contributed by atoms with van der Waals surface area (Å²) in [5.41, 5.74) is 1.99. The van der Waals surface area contributed by atoms with E-state index in [2.05, 4.69) is 41.4 Å². The maximum atomic E-state index is 5.24. The third kappa shape index (κ3) is 3.32. The first kappa shape index (κ1) is 14.4. The topological polar surface area (TPSA) is 47.0 Å². The molecule has 0 fully saturated rings. The minimum atomic E-state index is 0.432. The highest BCUT2D eigenvalue weighted by molar-refractivity contribution is 7.17. The van der Waals surface area contributed by atoms with E-state index in [1.165, 1.54) is 0 Å². The van der Waals surface area contributed by atoms with Crippen molar-refractivity contribution >= 4 is 27.8 Å². The number of anilines is 1. The molecule has 0 unspecified atom stereocenters. The van der Waals surface area contributed by atoms with Crippen LogP contribution in [-0.2, 0) is 11.3 Å². The lowest BCUT2D eigenvalue weighted by Crippen LogP contribution is -1.95. The zero-order chi connectivity index (χ0) is 13.8. The molecule has 4 nitrogen and oxygen atoms in total. The van der Waals surface area contributed by atoms with Crippen LogP contribution in [0.4, 0.5) is 5.13 Å². The van der Waals surface area contributed by atoms with Crippen LogP contribution in [0.5, 0.6) is 0 Å². The van der Waals surface area contributed by atoms with Gasteiger partial charge in [-0.15, -0.1) is 22.7 Å². The fraction of sp³-hybridized carbons (Fsp3) is 0.538. The number of aromatic nitrogens is 2. The Balaban J connectivity index is 2.35. The van der Waals surface area contributed by atoms with Gasteiger partial charge in [-0.05, 0) is 6.92 Å². The maximum absolute atomic E-state index is 5.24. The molecule has 2 heterocycles. The Morgan fingerprint density at radius 3 is 2.79 bits per heavy atom. The number of hydrogen-bond donors (Lipinski definition) is 1. The first-order valence-electron chi connectivity index (χ1n) is 6.34. The van der Waals surface area contributed by atoms with E-state index in [0.29, 0.717) is 12.5 Å². The molecule has 104 valence electrons. The van der Waals surface area contributed by atoms with Crippen LogP contribution in [0.2, 0.25) is 0 Å². The van der Waals surface area contributed by atoms with E-state index in [4.69, 9.17) is 4.74 Å². The lowest BCUT2D eigenvalue weighted by Gasteiger charge is -1.98. The number of nitrogens with zero attached hydrogens (tertiary/aromatic N) is 2. The molecule has 0 aliphatic heterocycles. The number of hydrogen-bond acceptors (Lipinski definition) is 6.